The number of hydrogen-bond donors (Lipinski definition) is 1. The monoisotopic (exact) mass is 276 g/mol. The van der Waals surface area contributed by atoms with Gasteiger partial charge in [-0.2, -0.15) is 0 Å². The van der Waals surface area contributed by atoms with Gasteiger partial charge in [0, 0.05) is 31.9 Å². The Bertz CT molecular complexity index is 378. The normalized spacial score (nSPS) is 12.8. The van der Waals surface area contributed by atoms with Crippen LogP contribution in [0.5, 0.6) is 0 Å². The lowest BCUT2D eigenvalue weighted by Gasteiger charge is -2.22. The minimum atomic E-state index is 0.616. The minimum absolute atomic E-state index is 0.616. The van der Waals surface area contributed by atoms with Gasteiger partial charge in [0.25, 0.3) is 0 Å². The summed E-state index contributed by atoms with van der Waals surface area (Å²) in [6.45, 7) is 13.3. The van der Waals surface area contributed by atoms with E-state index >= 15 is 0 Å². The van der Waals surface area contributed by atoms with Gasteiger partial charge in [0.1, 0.15) is 0 Å². The third kappa shape index (κ3) is 6.42. The summed E-state index contributed by atoms with van der Waals surface area (Å²) in [5, 5.41) is 3.63. The van der Waals surface area contributed by atoms with Crippen molar-refractivity contribution in [2.24, 2.45) is 5.92 Å². The van der Waals surface area contributed by atoms with Crippen molar-refractivity contribution < 1.29 is 0 Å². The number of aryl methyl sites for hydroxylation is 2. The summed E-state index contributed by atoms with van der Waals surface area (Å²) in [7, 11) is 2.18. The van der Waals surface area contributed by atoms with Crippen LogP contribution in [0, 0.1) is 19.8 Å². The van der Waals surface area contributed by atoms with Crippen molar-refractivity contribution in [1.82, 2.24) is 5.32 Å². The lowest BCUT2D eigenvalue weighted by atomic mass is 10.0. The molecule has 2 heteroatoms. The second-order valence-electron chi connectivity index (χ2n) is 6.59. The number of likely N-dealkylation sites (N-methyl/N-ethyl adjacent to an activating group) is 1. The first kappa shape index (κ1) is 17.0. The van der Waals surface area contributed by atoms with Crippen LogP contribution in [0.4, 0.5) is 5.69 Å². The van der Waals surface area contributed by atoms with E-state index in [4.69, 9.17) is 0 Å². The van der Waals surface area contributed by atoms with Crippen molar-refractivity contribution in [3.63, 3.8) is 0 Å². The van der Waals surface area contributed by atoms with Gasteiger partial charge in [-0.15, -0.1) is 0 Å². The zero-order valence-electron chi connectivity index (χ0n) is 14.2. The molecule has 0 saturated heterocycles. The largest absolute Gasteiger partial charge is 0.373 e. The van der Waals surface area contributed by atoms with Crippen LogP contribution >= 0.6 is 0 Å². The highest BCUT2D eigenvalue weighted by atomic mass is 15.1. The summed E-state index contributed by atoms with van der Waals surface area (Å²) in [5.41, 5.74) is 3.99. The fourth-order valence-corrected chi connectivity index (χ4v) is 2.46. The summed E-state index contributed by atoms with van der Waals surface area (Å²) >= 11 is 0. The maximum atomic E-state index is 3.63. The highest BCUT2D eigenvalue weighted by Crippen LogP contribution is 2.17. The molecule has 1 unspecified atom stereocenters. The van der Waals surface area contributed by atoms with Crippen molar-refractivity contribution in [2.45, 2.75) is 53.5 Å². The van der Waals surface area contributed by atoms with Crippen molar-refractivity contribution in [2.75, 3.05) is 25.0 Å². The molecule has 0 aromatic heterocycles. The van der Waals surface area contributed by atoms with Crippen molar-refractivity contribution >= 4 is 5.69 Å². The molecule has 0 bridgehead atoms. The van der Waals surface area contributed by atoms with Crippen LogP contribution in [0.3, 0.4) is 0 Å². The second kappa shape index (κ2) is 8.31. The number of nitrogens with zero attached hydrogens (tertiary/aromatic N) is 1. The number of rotatable bonds is 8. The fraction of sp³-hybridized carbons (Fsp3) is 0.667. The lowest BCUT2D eigenvalue weighted by Crippen LogP contribution is -2.34. The third-order valence-corrected chi connectivity index (χ3v) is 3.76. The molecule has 114 valence electrons. The van der Waals surface area contributed by atoms with Crippen LogP contribution in [0.1, 0.15) is 44.7 Å². The molecule has 0 aliphatic carbocycles. The van der Waals surface area contributed by atoms with Gasteiger partial charge in [-0.25, -0.2) is 0 Å². The Labute approximate surface area is 125 Å². The first-order valence-corrected chi connectivity index (χ1v) is 7.91. The second-order valence-corrected chi connectivity index (χ2v) is 6.59. The van der Waals surface area contributed by atoms with Gasteiger partial charge in [0.15, 0.2) is 0 Å². The smallest absolute Gasteiger partial charge is 0.0369 e. The number of hydrogen-bond acceptors (Lipinski definition) is 2. The van der Waals surface area contributed by atoms with Gasteiger partial charge in [0.05, 0.1) is 0 Å². The Balaban J connectivity index is 2.34. The Morgan fingerprint density at radius 3 is 2.15 bits per heavy atom. The molecule has 20 heavy (non-hydrogen) atoms. The predicted octanol–water partition coefficient (Wildman–Crippen LogP) is 4.15. The van der Waals surface area contributed by atoms with E-state index in [0.717, 1.165) is 19.0 Å². The van der Waals surface area contributed by atoms with E-state index in [1.165, 1.54) is 29.7 Å². The average Bonchev–Trinajstić information content (AvgIpc) is 2.35. The summed E-state index contributed by atoms with van der Waals surface area (Å²) in [5.74, 6) is 0.803. The van der Waals surface area contributed by atoms with Gasteiger partial charge < -0.3 is 10.2 Å². The number of benzene rings is 1. The van der Waals surface area contributed by atoms with Gasteiger partial charge in [-0.3, -0.25) is 0 Å². The molecule has 0 amide bonds. The number of nitrogens with one attached hydrogen (secondary N) is 1. The van der Waals surface area contributed by atoms with Gasteiger partial charge in [-0.05, 0) is 62.8 Å². The summed E-state index contributed by atoms with van der Waals surface area (Å²) in [6, 6.07) is 7.36. The topological polar surface area (TPSA) is 15.3 Å². The van der Waals surface area contributed by atoms with Gasteiger partial charge in [-0.1, -0.05) is 19.9 Å². The van der Waals surface area contributed by atoms with Crippen molar-refractivity contribution in [3.8, 4) is 0 Å². The van der Waals surface area contributed by atoms with Crippen LogP contribution in [0.15, 0.2) is 18.2 Å². The van der Waals surface area contributed by atoms with Crippen molar-refractivity contribution in [3.05, 3.63) is 29.3 Å². The average molecular weight is 276 g/mol. The van der Waals surface area contributed by atoms with Gasteiger partial charge >= 0.3 is 0 Å². The maximum Gasteiger partial charge on any atom is 0.0369 e. The third-order valence-electron chi connectivity index (χ3n) is 3.76. The molecule has 1 N–H and O–H groups in total. The maximum absolute atomic E-state index is 3.63. The molecule has 0 aliphatic heterocycles. The molecule has 0 heterocycles. The standard InChI is InChI=1S/C18H32N2/c1-14(2)7-8-17(5)19-9-10-20(6)18-12-15(3)11-16(4)13-18/h11-14,17,19H,7-10H2,1-6H3. The van der Waals surface area contributed by atoms with Crippen LogP contribution in [0.2, 0.25) is 0 Å². The quantitative estimate of drug-likeness (QED) is 0.767. The highest BCUT2D eigenvalue weighted by molar-refractivity contribution is 5.50. The molecule has 0 saturated carbocycles. The molecule has 1 aromatic rings. The van der Waals surface area contributed by atoms with E-state index in [-0.39, 0.29) is 0 Å². The molecular weight excluding hydrogens is 244 g/mol. The zero-order chi connectivity index (χ0) is 15.1. The van der Waals surface area contributed by atoms with E-state index in [9.17, 15) is 0 Å². The highest BCUT2D eigenvalue weighted by Gasteiger charge is 2.05. The molecule has 0 radical (unpaired) electrons. The van der Waals surface area contributed by atoms with E-state index in [2.05, 4.69) is 70.1 Å². The van der Waals surface area contributed by atoms with Crippen LogP contribution in [0.25, 0.3) is 0 Å². The summed E-state index contributed by atoms with van der Waals surface area (Å²) in [4.78, 5) is 2.34. The Morgan fingerprint density at radius 1 is 1.00 bits per heavy atom. The first-order valence-electron chi connectivity index (χ1n) is 7.91. The van der Waals surface area contributed by atoms with Crippen LogP contribution in [-0.4, -0.2) is 26.2 Å². The molecule has 0 spiro atoms. The van der Waals surface area contributed by atoms with E-state index in [1.807, 2.05) is 0 Å². The molecule has 2 nitrogen and oxygen atoms in total. The Hall–Kier alpha value is -1.02. The summed E-state index contributed by atoms with van der Waals surface area (Å²) in [6.07, 6.45) is 2.58. The molecule has 1 rings (SSSR count). The van der Waals surface area contributed by atoms with E-state index < -0.39 is 0 Å². The van der Waals surface area contributed by atoms with Gasteiger partial charge in [0.2, 0.25) is 0 Å². The van der Waals surface area contributed by atoms with Crippen molar-refractivity contribution in [1.29, 1.82) is 0 Å². The Kier molecular flexibility index (Phi) is 7.08. The SMILES string of the molecule is Cc1cc(C)cc(N(C)CCNC(C)CCC(C)C)c1. The number of anilines is 1. The molecule has 1 atom stereocenters. The predicted molar refractivity (Wildman–Crippen MR) is 90.7 cm³/mol. The first-order chi connectivity index (χ1) is 9.38. The van der Waals surface area contributed by atoms with E-state index in [0.29, 0.717) is 6.04 Å². The fourth-order valence-electron chi connectivity index (χ4n) is 2.46. The zero-order valence-corrected chi connectivity index (χ0v) is 14.2. The molecule has 0 aliphatic rings. The summed E-state index contributed by atoms with van der Waals surface area (Å²) < 4.78 is 0. The minimum Gasteiger partial charge on any atom is -0.373 e. The Morgan fingerprint density at radius 2 is 1.60 bits per heavy atom. The molecule has 1 aromatic carbocycles. The lowest BCUT2D eigenvalue weighted by molar-refractivity contribution is 0.454. The van der Waals surface area contributed by atoms with Crippen LogP contribution < -0.4 is 10.2 Å². The van der Waals surface area contributed by atoms with E-state index in [1.54, 1.807) is 0 Å². The van der Waals surface area contributed by atoms with Crippen LogP contribution in [-0.2, 0) is 0 Å². The molecule has 0 fully saturated rings. The molecular formula is C18H32N2.